The Bertz CT molecular complexity index is 425. The van der Waals surface area contributed by atoms with Gasteiger partial charge in [0.2, 0.25) is 0 Å². The van der Waals surface area contributed by atoms with Crippen molar-refractivity contribution in [1.82, 2.24) is 9.55 Å². The number of aliphatic hydroxyl groups is 1. The summed E-state index contributed by atoms with van der Waals surface area (Å²) in [5, 5.41) is 9.59. The maximum Gasteiger partial charge on any atom is 0.259 e. The number of halogens is 1. The van der Waals surface area contributed by atoms with Crippen molar-refractivity contribution >= 4 is 17.8 Å². The summed E-state index contributed by atoms with van der Waals surface area (Å²) in [6.07, 6.45) is 3.03. The molecule has 1 aromatic heterocycles. The summed E-state index contributed by atoms with van der Waals surface area (Å²) in [7, 11) is 0. The molecule has 0 fully saturated rings. The number of aromatic nitrogens is 2. The van der Waals surface area contributed by atoms with E-state index in [9.17, 15) is 9.90 Å². The van der Waals surface area contributed by atoms with Crippen LogP contribution in [0.4, 0.5) is 0 Å². The van der Waals surface area contributed by atoms with E-state index >= 15 is 0 Å². The van der Waals surface area contributed by atoms with E-state index in [0.717, 1.165) is 0 Å². The average Bonchev–Trinajstić information content (AvgIpc) is 2.07. The molecule has 0 amide bonds. The van der Waals surface area contributed by atoms with Gasteiger partial charge in [-0.3, -0.25) is 9.36 Å². The van der Waals surface area contributed by atoms with Crippen molar-refractivity contribution in [2.75, 3.05) is 0 Å². The minimum atomic E-state index is -0.739. The third-order valence-corrected chi connectivity index (χ3v) is 2.05. The molecule has 0 aliphatic carbocycles. The van der Waals surface area contributed by atoms with E-state index in [2.05, 4.69) is 4.98 Å². The fourth-order valence-corrected chi connectivity index (χ4v) is 1.45. The van der Waals surface area contributed by atoms with Gasteiger partial charge in [0.05, 0.1) is 0 Å². The molecule has 0 aromatic carbocycles. The highest BCUT2D eigenvalue weighted by molar-refractivity contribution is 6.29. The summed E-state index contributed by atoms with van der Waals surface area (Å²) in [6.45, 7) is 0. The van der Waals surface area contributed by atoms with Gasteiger partial charge in [-0.1, -0.05) is 17.7 Å². The molecule has 1 N–H and O–H groups in total. The molecule has 1 atom stereocenters. The third kappa shape index (κ3) is 1.38. The van der Waals surface area contributed by atoms with Crippen molar-refractivity contribution in [3.63, 3.8) is 0 Å². The summed E-state index contributed by atoms with van der Waals surface area (Å²) in [6, 6.07) is 1.22. The Morgan fingerprint density at radius 1 is 1.69 bits per heavy atom. The van der Waals surface area contributed by atoms with Gasteiger partial charge in [-0.15, -0.1) is 0 Å². The quantitative estimate of drug-likeness (QED) is 0.628. The predicted octanol–water partition coefficient (Wildman–Crippen LogP) is 0.804. The summed E-state index contributed by atoms with van der Waals surface area (Å²) in [5.74, 6) is 0.306. The van der Waals surface area contributed by atoms with Crippen molar-refractivity contribution in [3.05, 3.63) is 33.5 Å². The van der Waals surface area contributed by atoms with Crippen LogP contribution in [0.25, 0.3) is 6.20 Å². The van der Waals surface area contributed by atoms with Gasteiger partial charge in [-0.2, -0.15) is 0 Å². The van der Waals surface area contributed by atoms with Crippen LogP contribution < -0.4 is 5.56 Å². The zero-order chi connectivity index (χ0) is 9.42. The molecule has 4 nitrogen and oxygen atoms in total. The van der Waals surface area contributed by atoms with Crippen molar-refractivity contribution < 1.29 is 5.11 Å². The van der Waals surface area contributed by atoms with Gasteiger partial charge in [0.25, 0.3) is 5.56 Å². The lowest BCUT2D eigenvalue weighted by molar-refractivity contribution is 0.165. The van der Waals surface area contributed by atoms with Gasteiger partial charge in [0, 0.05) is 18.7 Å². The first-order valence-corrected chi connectivity index (χ1v) is 4.20. The number of aliphatic hydroxyl groups excluding tert-OH is 1. The summed E-state index contributed by atoms with van der Waals surface area (Å²) in [5.41, 5.74) is -0.273. The highest BCUT2D eigenvalue weighted by atomic mass is 35.5. The minimum absolute atomic E-state index is 0.116. The Morgan fingerprint density at radius 3 is 3.23 bits per heavy atom. The van der Waals surface area contributed by atoms with Gasteiger partial charge < -0.3 is 5.11 Å². The fourth-order valence-electron chi connectivity index (χ4n) is 1.27. The molecule has 5 heteroatoms. The van der Waals surface area contributed by atoms with Crippen LogP contribution in [0.1, 0.15) is 18.3 Å². The van der Waals surface area contributed by atoms with E-state index in [1.165, 1.54) is 10.6 Å². The van der Waals surface area contributed by atoms with Crippen LogP contribution in [-0.2, 0) is 0 Å². The van der Waals surface area contributed by atoms with Crippen molar-refractivity contribution in [2.24, 2.45) is 0 Å². The summed E-state index contributed by atoms with van der Waals surface area (Å²) >= 11 is 5.59. The van der Waals surface area contributed by atoms with E-state index in [4.69, 9.17) is 11.6 Å². The summed E-state index contributed by atoms with van der Waals surface area (Å²) in [4.78, 5) is 15.2. The van der Waals surface area contributed by atoms with Crippen LogP contribution in [-0.4, -0.2) is 14.7 Å². The van der Waals surface area contributed by atoms with Gasteiger partial charge in [-0.25, -0.2) is 4.98 Å². The average molecular weight is 199 g/mol. The molecule has 0 radical (unpaired) electrons. The van der Waals surface area contributed by atoms with E-state index in [1.807, 2.05) is 0 Å². The Labute approximate surface area is 79.1 Å². The van der Waals surface area contributed by atoms with Gasteiger partial charge in [0.15, 0.2) is 0 Å². The lowest BCUT2D eigenvalue weighted by Crippen LogP contribution is -2.24. The molecular weight excluding hydrogens is 192 g/mol. The topological polar surface area (TPSA) is 55.1 Å². The maximum absolute atomic E-state index is 11.3. The van der Waals surface area contributed by atoms with Crippen LogP contribution in [0.2, 0.25) is 5.15 Å². The normalized spacial score (nSPS) is 20.0. The molecule has 1 aromatic rings. The van der Waals surface area contributed by atoms with Gasteiger partial charge >= 0.3 is 0 Å². The number of hydrogen-bond acceptors (Lipinski definition) is 3. The number of fused-ring (bicyclic) bond motifs is 1. The Hall–Kier alpha value is -1.13. The lowest BCUT2D eigenvalue weighted by Gasteiger charge is -2.16. The molecule has 2 rings (SSSR count). The first-order chi connectivity index (χ1) is 6.18. The Morgan fingerprint density at radius 2 is 2.46 bits per heavy atom. The summed E-state index contributed by atoms with van der Waals surface area (Å²) < 4.78 is 1.29. The molecule has 13 heavy (non-hydrogen) atoms. The molecule has 1 aliphatic heterocycles. The van der Waals surface area contributed by atoms with Gasteiger partial charge in [0.1, 0.15) is 17.1 Å². The smallest absolute Gasteiger partial charge is 0.259 e. The molecular formula is C8H7ClN2O2. The highest BCUT2D eigenvalue weighted by Gasteiger charge is 2.17. The van der Waals surface area contributed by atoms with Crippen molar-refractivity contribution in [3.8, 4) is 0 Å². The molecule has 0 spiro atoms. The monoisotopic (exact) mass is 198 g/mol. The second-order valence-corrected chi connectivity index (χ2v) is 3.17. The van der Waals surface area contributed by atoms with Crippen LogP contribution in [0, 0.1) is 0 Å². The second kappa shape index (κ2) is 2.97. The van der Waals surface area contributed by atoms with Crippen LogP contribution >= 0.6 is 11.6 Å². The molecule has 1 unspecified atom stereocenters. The Kier molecular flexibility index (Phi) is 1.94. The minimum Gasteiger partial charge on any atom is -0.385 e. The highest BCUT2D eigenvalue weighted by Crippen LogP contribution is 2.19. The zero-order valence-electron chi connectivity index (χ0n) is 6.64. The van der Waals surface area contributed by atoms with Gasteiger partial charge in [-0.05, 0) is 0 Å². The van der Waals surface area contributed by atoms with Crippen LogP contribution in [0.15, 0.2) is 16.9 Å². The SMILES string of the molecule is O=c1cc(Cl)nc2n1C=CCC2O. The van der Waals surface area contributed by atoms with Crippen molar-refractivity contribution in [2.45, 2.75) is 12.5 Å². The van der Waals surface area contributed by atoms with E-state index in [0.29, 0.717) is 12.2 Å². The molecule has 68 valence electrons. The number of nitrogens with zero attached hydrogens (tertiary/aromatic N) is 2. The first kappa shape index (κ1) is 8.47. The Balaban J connectivity index is 2.72. The fraction of sp³-hybridized carbons (Fsp3) is 0.250. The number of rotatable bonds is 0. The molecule has 0 bridgehead atoms. The molecule has 0 saturated carbocycles. The molecule has 0 saturated heterocycles. The standard InChI is InChI=1S/C8H7ClN2O2/c9-6-4-7(13)11-3-1-2-5(12)8(11)10-6/h1,3-5,12H,2H2. The number of hydrogen-bond donors (Lipinski definition) is 1. The predicted molar refractivity (Wildman–Crippen MR) is 48.4 cm³/mol. The van der Waals surface area contributed by atoms with E-state index in [-0.39, 0.29) is 10.7 Å². The van der Waals surface area contributed by atoms with Crippen molar-refractivity contribution in [1.29, 1.82) is 0 Å². The maximum atomic E-state index is 11.3. The lowest BCUT2D eigenvalue weighted by atomic mass is 10.2. The second-order valence-electron chi connectivity index (χ2n) is 2.78. The zero-order valence-corrected chi connectivity index (χ0v) is 7.40. The third-order valence-electron chi connectivity index (χ3n) is 1.86. The first-order valence-electron chi connectivity index (χ1n) is 3.82. The van der Waals surface area contributed by atoms with E-state index < -0.39 is 6.10 Å². The van der Waals surface area contributed by atoms with E-state index in [1.54, 1.807) is 12.3 Å². The van der Waals surface area contributed by atoms with Crippen LogP contribution in [0.3, 0.4) is 0 Å². The molecule has 1 aliphatic rings. The molecule has 2 heterocycles. The van der Waals surface area contributed by atoms with Crippen LogP contribution in [0.5, 0.6) is 0 Å². The largest absolute Gasteiger partial charge is 0.385 e.